The molecule has 0 atom stereocenters. The van der Waals surface area contributed by atoms with Crippen LogP contribution in [0.15, 0.2) is 18.2 Å². The second-order valence-corrected chi connectivity index (χ2v) is 6.58. The van der Waals surface area contributed by atoms with E-state index >= 15 is 0 Å². The van der Waals surface area contributed by atoms with E-state index in [-0.39, 0.29) is 0 Å². The number of nitrogens with one attached hydrogen (secondary N) is 2. The molecule has 4 nitrogen and oxygen atoms in total. The minimum Gasteiger partial charge on any atom is -0.362 e. The molecular weight excluding hydrogens is 306 g/mol. The predicted molar refractivity (Wildman–Crippen MR) is 99.8 cm³/mol. The zero-order valence-electron chi connectivity index (χ0n) is 14.2. The maximum absolute atomic E-state index is 11.9. The van der Waals surface area contributed by atoms with Crippen LogP contribution in [0.2, 0.25) is 0 Å². The molecule has 1 aromatic carbocycles. The van der Waals surface area contributed by atoms with Crippen molar-refractivity contribution in [2.24, 2.45) is 0 Å². The molecule has 0 spiro atoms. The summed E-state index contributed by atoms with van der Waals surface area (Å²) in [5.41, 5.74) is 3.51. The van der Waals surface area contributed by atoms with Crippen LogP contribution in [-0.2, 0) is 4.79 Å². The van der Waals surface area contributed by atoms with E-state index in [2.05, 4.69) is 30.5 Å². The summed E-state index contributed by atoms with van der Waals surface area (Å²) in [7, 11) is 0. The van der Waals surface area contributed by atoms with Crippen molar-refractivity contribution in [2.75, 3.05) is 25.0 Å². The highest BCUT2D eigenvalue weighted by Crippen LogP contribution is 2.17. The minimum absolute atomic E-state index is 0.304. The third kappa shape index (κ3) is 5.50. The van der Waals surface area contributed by atoms with Crippen LogP contribution in [0, 0.1) is 13.8 Å². The van der Waals surface area contributed by atoms with Gasteiger partial charge in [0, 0.05) is 31.7 Å². The van der Waals surface area contributed by atoms with Crippen molar-refractivity contribution < 1.29 is 4.79 Å². The van der Waals surface area contributed by atoms with Gasteiger partial charge >= 0.3 is 0 Å². The van der Waals surface area contributed by atoms with Crippen molar-refractivity contribution in [2.45, 2.75) is 46.0 Å². The van der Waals surface area contributed by atoms with Crippen LogP contribution >= 0.6 is 12.2 Å². The van der Waals surface area contributed by atoms with Crippen LogP contribution in [0.1, 0.15) is 43.2 Å². The van der Waals surface area contributed by atoms with Gasteiger partial charge in [-0.2, -0.15) is 0 Å². The van der Waals surface area contributed by atoms with E-state index in [0.29, 0.717) is 17.4 Å². The van der Waals surface area contributed by atoms with E-state index in [4.69, 9.17) is 12.2 Å². The van der Waals surface area contributed by atoms with Crippen LogP contribution in [0.5, 0.6) is 0 Å². The number of hydrogen-bond donors (Lipinski definition) is 2. The molecule has 5 heteroatoms. The van der Waals surface area contributed by atoms with E-state index in [9.17, 15) is 4.79 Å². The van der Waals surface area contributed by atoms with E-state index in [0.717, 1.165) is 44.6 Å². The van der Waals surface area contributed by atoms with Crippen molar-refractivity contribution in [1.29, 1.82) is 0 Å². The highest BCUT2D eigenvalue weighted by atomic mass is 32.1. The third-order valence-corrected chi connectivity index (χ3v) is 4.66. The third-order valence-electron chi connectivity index (χ3n) is 4.41. The molecule has 1 aliphatic rings. The van der Waals surface area contributed by atoms with Gasteiger partial charge in [-0.1, -0.05) is 18.6 Å². The summed E-state index contributed by atoms with van der Waals surface area (Å²) in [4.78, 5) is 13.9. The fourth-order valence-corrected chi connectivity index (χ4v) is 3.01. The Labute approximate surface area is 144 Å². The largest absolute Gasteiger partial charge is 0.362 e. The molecule has 1 heterocycles. The topological polar surface area (TPSA) is 44.4 Å². The lowest BCUT2D eigenvalue weighted by atomic mass is 10.1. The summed E-state index contributed by atoms with van der Waals surface area (Å²) < 4.78 is 0. The monoisotopic (exact) mass is 333 g/mol. The number of nitrogens with zero attached hydrogens (tertiary/aromatic N) is 1. The molecule has 0 aliphatic carbocycles. The van der Waals surface area contributed by atoms with E-state index in [1.807, 2.05) is 17.0 Å². The number of carbonyl (C=O) groups excluding carboxylic acids is 1. The van der Waals surface area contributed by atoms with Gasteiger partial charge in [0.05, 0.1) is 0 Å². The quantitative estimate of drug-likeness (QED) is 0.640. The molecule has 23 heavy (non-hydrogen) atoms. The second kappa shape index (κ2) is 8.87. The van der Waals surface area contributed by atoms with Gasteiger partial charge in [0.2, 0.25) is 5.91 Å². The normalized spacial score (nSPS) is 15.2. The number of rotatable bonds is 5. The van der Waals surface area contributed by atoms with E-state index in [1.54, 1.807) is 0 Å². The molecule has 0 bridgehead atoms. The zero-order valence-corrected chi connectivity index (χ0v) is 15.0. The van der Waals surface area contributed by atoms with Crippen molar-refractivity contribution >= 4 is 28.9 Å². The molecule has 2 N–H and O–H groups in total. The summed E-state index contributed by atoms with van der Waals surface area (Å²) in [6, 6.07) is 6.15. The molecule has 1 aromatic rings. The maximum Gasteiger partial charge on any atom is 0.222 e. The minimum atomic E-state index is 0.304. The molecule has 1 amide bonds. The molecule has 0 radical (unpaired) electrons. The summed E-state index contributed by atoms with van der Waals surface area (Å²) in [6.45, 7) is 6.68. The number of carbonyl (C=O) groups is 1. The van der Waals surface area contributed by atoms with Crippen LogP contribution in [-0.4, -0.2) is 35.6 Å². The van der Waals surface area contributed by atoms with Crippen molar-refractivity contribution in [1.82, 2.24) is 10.2 Å². The molecule has 1 fully saturated rings. The standard InChI is InChI=1S/C18H27N3OS/c1-14-8-6-9-16(15(14)2)20-18(23)19-11-7-13-21-12-5-3-4-10-17(21)22/h6,8-9H,3-5,7,10-13H2,1-2H3,(H2,19,20,23). The number of likely N-dealkylation sites (tertiary alicyclic amines) is 1. The Morgan fingerprint density at radius 2 is 2.09 bits per heavy atom. The van der Waals surface area contributed by atoms with Crippen molar-refractivity contribution in [3.63, 3.8) is 0 Å². The smallest absolute Gasteiger partial charge is 0.222 e. The van der Waals surface area contributed by atoms with Gasteiger partial charge in [-0.3, -0.25) is 4.79 Å². The SMILES string of the molecule is Cc1cccc(NC(=S)NCCCN2CCCCCC2=O)c1C. The molecule has 126 valence electrons. The average Bonchev–Trinajstić information content (AvgIpc) is 2.73. The average molecular weight is 334 g/mol. The number of amides is 1. The van der Waals surface area contributed by atoms with Crippen LogP contribution < -0.4 is 10.6 Å². The Morgan fingerprint density at radius 1 is 1.26 bits per heavy atom. The fraction of sp³-hybridized carbons (Fsp3) is 0.556. The van der Waals surface area contributed by atoms with Gasteiger partial charge in [-0.15, -0.1) is 0 Å². The Kier molecular flexibility index (Phi) is 6.84. The Hall–Kier alpha value is -1.62. The summed E-state index contributed by atoms with van der Waals surface area (Å²) in [5, 5.41) is 7.12. The lowest BCUT2D eigenvalue weighted by Crippen LogP contribution is -2.35. The highest BCUT2D eigenvalue weighted by Gasteiger charge is 2.15. The van der Waals surface area contributed by atoms with Crippen LogP contribution in [0.4, 0.5) is 5.69 Å². The highest BCUT2D eigenvalue weighted by molar-refractivity contribution is 7.80. The van der Waals surface area contributed by atoms with Gasteiger partial charge in [0.25, 0.3) is 0 Å². The molecule has 0 unspecified atom stereocenters. The summed E-state index contributed by atoms with van der Waals surface area (Å²) in [6.07, 6.45) is 4.97. The zero-order chi connectivity index (χ0) is 16.7. The summed E-state index contributed by atoms with van der Waals surface area (Å²) >= 11 is 5.35. The molecule has 2 rings (SSSR count). The number of anilines is 1. The number of aryl methyl sites for hydroxylation is 1. The first-order valence-corrected chi connectivity index (χ1v) is 8.87. The van der Waals surface area contributed by atoms with Crippen LogP contribution in [0.3, 0.4) is 0 Å². The Morgan fingerprint density at radius 3 is 2.91 bits per heavy atom. The maximum atomic E-state index is 11.9. The Bertz CT molecular complexity index is 559. The molecule has 1 saturated heterocycles. The molecule has 0 saturated carbocycles. The van der Waals surface area contributed by atoms with Gasteiger partial charge in [0.15, 0.2) is 5.11 Å². The van der Waals surface area contributed by atoms with E-state index in [1.165, 1.54) is 17.5 Å². The molecule has 1 aliphatic heterocycles. The van der Waals surface area contributed by atoms with Gasteiger partial charge < -0.3 is 15.5 Å². The number of benzene rings is 1. The lowest BCUT2D eigenvalue weighted by molar-refractivity contribution is -0.130. The van der Waals surface area contributed by atoms with Gasteiger partial charge in [-0.25, -0.2) is 0 Å². The Balaban J connectivity index is 1.70. The molecular formula is C18H27N3OS. The number of hydrogen-bond acceptors (Lipinski definition) is 2. The first-order valence-electron chi connectivity index (χ1n) is 8.47. The van der Waals surface area contributed by atoms with Gasteiger partial charge in [-0.05, 0) is 62.5 Å². The van der Waals surface area contributed by atoms with Crippen molar-refractivity contribution in [3.8, 4) is 0 Å². The van der Waals surface area contributed by atoms with Crippen LogP contribution in [0.25, 0.3) is 0 Å². The first kappa shape index (κ1) is 17.7. The fourth-order valence-electron chi connectivity index (χ4n) is 2.80. The lowest BCUT2D eigenvalue weighted by Gasteiger charge is -2.20. The number of thiocarbonyl (C=S) groups is 1. The predicted octanol–water partition coefficient (Wildman–Crippen LogP) is 3.38. The first-order chi connectivity index (χ1) is 11.1. The van der Waals surface area contributed by atoms with E-state index < -0.39 is 0 Å². The van der Waals surface area contributed by atoms with Gasteiger partial charge in [0.1, 0.15) is 0 Å². The second-order valence-electron chi connectivity index (χ2n) is 6.17. The van der Waals surface area contributed by atoms with Crippen molar-refractivity contribution in [3.05, 3.63) is 29.3 Å². The molecule has 0 aromatic heterocycles. The summed E-state index contributed by atoms with van der Waals surface area (Å²) in [5.74, 6) is 0.304.